The van der Waals surface area contributed by atoms with Gasteiger partial charge in [-0.1, -0.05) is 71.9 Å². The Bertz CT molecular complexity index is 1380. The first-order valence-electron chi connectivity index (χ1n) is 11.8. The molecule has 0 saturated carbocycles. The lowest BCUT2D eigenvalue weighted by Crippen LogP contribution is -2.37. The predicted molar refractivity (Wildman–Crippen MR) is 139 cm³/mol. The molecule has 190 valence electrons. The van der Waals surface area contributed by atoms with E-state index in [9.17, 15) is 14.7 Å². The van der Waals surface area contributed by atoms with Crippen LogP contribution in [0.1, 0.15) is 38.1 Å². The number of aryl methyl sites for hydroxylation is 1. The Hall–Kier alpha value is -4.59. The van der Waals surface area contributed by atoms with Gasteiger partial charge < -0.3 is 19.1 Å². The molecule has 2 N–H and O–H groups in total. The number of anilines is 1. The molecule has 3 aromatic carbocycles. The molecule has 8 nitrogen and oxygen atoms in total. The maximum Gasteiger partial charge on any atom is 0.412 e. The van der Waals surface area contributed by atoms with E-state index in [1.807, 2.05) is 66.7 Å². The number of hydrogen-bond donors (Lipinski definition) is 2. The highest BCUT2D eigenvalue weighted by atomic mass is 16.6. The van der Waals surface area contributed by atoms with Gasteiger partial charge in [0.05, 0.1) is 0 Å². The third kappa shape index (κ3) is 5.98. The molecule has 4 rings (SSSR count). The summed E-state index contributed by atoms with van der Waals surface area (Å²) in [7, 11) is 0. The van der Waals surface area contributed by atoms with E-state index in [-0.39, 0.29) is 0 Å². The van der Waals surface area contributed by atoms with Crippen LogP contribution in [-0.4, -0.2) is 27.9 Å². The number of carboxylic acids is 1. The van der Waals surface area contributed by atoms with Gasteiger partial charge in [0.15, 0.2) is 11.4 Å². The number of aliphatic carboxylic acids is 1. The summed E-state index contributed by atoms with van der Waals surface area (Å²) in [5.74, 6) is -0.148. The second-order valence-corrected chi connectivity index (χ2v) is 9.07. The number of aromatic nitrogens is 1. The monoisotopic (exact) mass is 500 g/mol. The molecule has 1 amide bonds. The zero-order chi connectivity index (χ0) is 26.6. The van der Waals surface area contributed by atoms with Crippen LogP contribution in [0, 0.1) is 6.92 Å². The molecule has 1 heterocycles. The van der Waals surface area contributed by atoms with Crippen molar-refractivity contribution in [2.75, 3.05) is 5.32 Å². The molecule has 0 radical (unpaired) electrons. The Balaban J connectivity index is 1.46. The minimum Gasteiger partial charge on any atom is -0.478 e. The first-order valence-corrected chi connectivity index (χ1v) is 11.8. The molecule has 8 heteroatoms. The molecule has 0 bridgehead atoms. The van der Waals surface area contributed by atoms with Crippen molar-refractivity contribution in [3.05, 3.63) is 90.1 Å². The van der Waals surface area contributed by atoms with Gasteiger partial charge in [0.2, 0.25) is 0 Å². The van der Waals surface area contributed by atoms with Gasteiger partial charge in [-0.3, -0.25) is 5.32 Å². The summed E-state index contributed by atoms with van der Waals surface area (Å²) in [5.41, 5.74) is 3.14. The second kappa shape index (κ2) is 10.6. The highest BCUT2D eigenvalue weighted by Gasteiger charge is 2.29. The summed E-state index contributed by atoms with van der Waals surface area (Å²) in [5, 5.41) is 16.0. The number of rotatable bonds is 8. The van der Waals surface area contributed by atoms with Gasteiger partial charge in [0.1, 0.15) is 23.2 Å². The number of ether oxygens (including phenoxy) is 2. The second-order valence-electron chi connectivity index (χ2n) is 9.07. The van der Waals surface area contributed by atoms with E-state index < -0.39 is 23.8 Å². The fourth-order valence-corrected chi connectivity index (χ4v) is 3.67. The number of carbonyl (C=O) groups excluding carboxylic acids is 1. The SMILES string of the molecule is Cc1noc(-c2ccc(-c3ccc(OC(C)(C)C(=O)O)cc3)cc2)c1NC(=O)O[C@H](C)c1ccccc1. The van der Waals surface area contributed by atoms with E-state index in [2.05, 4.69) is 10.5 Å². The number of amides is 1. The number of benzene rings is 3. The van der Waals surface area contributed by atoms with Crippen LogP contribution in [-0.2, 0) is 9.53 Å². The Morgan fingerprint density at radius 1 is 0.919 bits per heavy atom. The average molecular weight is 501 g/mol. The Morgan fingerprint density at radius 3 is 2.08 bits per heavy atom. The van der Waals surface area contributed by atoms with Gasteiger partial charge in [0, 0.05) is 5.56 Å². The van der Waals surface area contributed by atoms with Crippen molar-refractivity contribution in [2.24, 2.45) is 0 Å². The van der Waals surface area contributed by atoms with Gasteiger partial charge in [-0.05, 0) is 56.5 Å². The normalized spacial score (nSPS) is 12.0. The standard InChI is InChI=1S/C29H28N2O6/c1-18-25(30-28(34)35-19(2)20-8-6-5-7-9-20)26(37-31-18)23-12-10-21(11-13-23)22-14-16-24(17-15-22)36-29(3,4)27(32)33/h5-17,19H,1-4H3,(H,30,34)(H,32,33)/t19-/m1/s1. The van der Waals surface area contributed by atoms with Crippen molar-refractivity contribution in [3.8, 4) is 28.2 Å². The van der Waals surface area contributed by atoms with Crippen LogP contribution < -0.4 is 10.1 Å². The minimum absolute atomic E-state index is 0.420. The van der Waals surface area contributed by atoms with Crippen molar-refractivity contribution in [2.45, 2.75) is 39.4 Å². The van der Waals surface area contributed by atoms with Gasteiger partial charge in [-0.25, -0.2) is 9.59 Å². The summed E-state index contributed by atoms with van der Waals surface area (Å²) >= 11 is 0. The van der Waals surface area contributed by atoms with E-state index in [1.165, 1.54) is 13.8 Å². The summed E-state index contributed by atoms with van der Waals surface area (Å²) in [4.78, 5) is 23.9. The molecule has 0 unspecified atom stereocenters. The third-order valence-electron chi connectivity index (χ3n) is 5.87. The summed E-state index contributed by atoms with van der Waals surface area (Å²) < 4.78 is 16.6. The van der Waals surface area contributed by atoms with Crippen LogP contribution in [0.5, 0.6) is 5.75 Å². The topological polar surface area (TPSA) is 111 Å². The summed E-state index contributed by atoms with van der Waals surface area (Å²) in [6.45, 7) is 6.55. The molecular formula is C29H28N2O6. The van der Waals surface area contributed by atoms with E-state index >= 15 is 0 Å². The van der Waals surface area contributed by atoms with Crippen LogP contribution in [0.25, 0.3) is 22.5 Å². The third-order valence-corrected chi connectivity index (χ3v) is 5.87. The molecule has 0 fully saturated rings. The largest absolute Gasteiger partial charge is 0.478 e. The zero-order valence-corrected chi connectivity index (χ0v) is 21.0. The molecule has 37 heavy (non-hydrogen) atoms. The van der Waals surface area contributed by atoms with Crippen LogP contribution >= 0.6 is 0 Å². The van der Waals surface area contributed by atoms with Gasteiger partial charge in [0.25, 0.3) is 0 Å². The molecule has 0 aliphatic rings. The number of hydrogen-bond acceptors (Lipinski definition) is 6. The maximum absolute atomic E-state index is 12.6. The quantitative estimate of drug-likeness (QED) is 0.272. The van der Waals surface area contributed by atoms with Crippen molar-refractivity contribution < 1.29 is 28.7 Å². The van der Waals surface area contributed by atoms with Gasteiger partial charge in [-0.2, -0.15) is 0 Å². The fourth-order valence-electron chi connectivity index (χ4n) is 3.67. The molecule has 1 aromatic heterocycles. The average Bonchev–Trinajstić information content (AvgIpc) is 3.24. The lowest BCUT2D eigenvalue weighted by Gasteiger charge is -2.21. The Labute approximate surface area is 214 Å². The van der Waals surface area contributed by atoms with Crippen molar-refractivity contribution in [3.63, 3.8) is 0 Å². The predicted octanol–water partition coefficient (Wildman–Crippen LogP) is 6.87. The zero-order valence-electron chi connectivity index (χ0n) is 21.0. The highest BCUT2D eigenvalue weighted by Crippen LogP contribution is 2.33. The van der Waals surface area contributed by atoms with Crippen molar-refractivity contribution >= 4 is 17.7 Å². The van der Waals surface area contributed by atoms with Crippen LogP contribution in [0.15, 0.2) is 83.4 Å². The minimum atomic E-state index is -1.32. The van der Waals surface area contributed by atoms with E-state index in [0.717, 1.165) is 22.3 Å². The van der Waals surface area contributed by atoms with E-state index in [0.29, 0.717) is 22.9 Å². The molecule has 0 aliphatic carbocycles. The van der Waals surface area contributed by atoms with E-state index in [1.54, 1.807) is 26.0 Å². The Morgan fingerprint density at radius 2 is 1.49 bits per heavy atom. The van der Waals surface area contributed by atoms with Crippen molar-refractivity contribution in [1.29, 1.82) is 0 Å². The highest BCUT2D eigenvalue weighted by molar-refractivity contribution is 5.91. The molecule has 0 spiro atoms. The molecule has 0 aliphatic heterocycles. The number of carbonyl (C=O) groups is 2. The first-order chi connectivity index (χ1) is 17.6. The first kappa shape index (κ1) is 25.5. The van der Waals surface area contributed by atoms with Crippen LogP contribution in [0.2, 0.25) is 0 Å². The maximum atomic E-state index is 12.6. The number of carboxylic acid groups (broad SMARTS) is 1. The smallest absolute Gasteiger partial charge is 0.412 e. The number of nitrogens with zero attached hydrogens (tertiary/aromatic N) is 1. The molecule has 1 atom stereocenters. The number of nitrogens with one attached hydrogen (secondary N) is 1. The van der Waals surface area contributed by atoms with Gasteiger partial charge >= 0.3 is 12.1 Å². The lowest BCUT2D eigenvalue weighted by atomic mass is 10.0. The van der Waals surface area contributed by atoms with E-state index in [4.69, 9.17) is 14.0 Å². The summed E-state index contributed by atoms with van der Waals surface area (Å²) in [6, 6.07) is 24.2. The van der Waals surface area contributed by atoms with Crippen LogP contribution in [0.3, 0.4) is 0 Å². The lowest BCUT2D eigenvalue weighted by molar-refractivity contribution is -0.152. The molecule has 4 aromatic rings. The van der Waals surface area contributed by atoms with Crippen molar-refractivity contribution in [1.82, 2.24) is 5.16 Å². The molecule has 0 saturated heterocycles. The summed E-state index contributed by atoms with van der Waals surface area (Å²) in [6.07, 6.45) is -1.02. The molecular weight excluding hydrogens is 472 g/mol. The Kier molecular flexibility index (Phi) is 7.29. The fraction of sp³-hybridized carbons (Fsp3) is 0.207. The van der Waals surface area contributed by atoms with Gasteiger partial charge in [-0.15, -0.1) is 0 Å². The van der Waals surface area contributed by atoms with Crippen LogP contribution in [0.4, 0.5) is 10.5 Å².